The summed E-state index contributed by atoms with van der Waals surface area (Å²) < 4.78 is 43.7. The molecule has 0 radical (unpaired) electrons. The first-order valence-electron chi connectivity index (χ1n) is 13.0. The summed E-state index contributed by atoms with van der Waals surface area (Å²) in [6.07, 6.45) is 3.32. The van der Waals surface area contributed by atoms with Crippen molar-refractivity contribution in [1.82, 2.24) is 35.1 Å². The molecule has 0 saturated heterocycles. The van der Waals surface area contributed by atoms with Gasteiger partial charge in [0.05, 0.1) is 12.2 Å². The molecular weight excluding hydrogens is 553 g/mol. The lowest BCUT2D eigenvalue weighted by molar-refractivity contribution is -0.119. The highest BCUT2D eigenvalue weighted by Gasteiger charge is 2.48. The molecule has 2 aliphatic rings. The van der Waals surface area contributed by atoms with Crippen molar-refractivity contribution in [1.29, 1.82) is 0 Å². The van der Waals surface area contributed by atoms with Crippen molar-refractivity contribution in [3.8, 4) is 0 Å². The standard InChI is InChI=1S/C25H28ClF3N8O3/c1-11(15-9-18(26)33-34-23(15)38)36-10-16(22(29)35-36)31-25(40)20(19(13-3-4-13)14-5-6-14)32-24(39)17-7-8-30-37(17)12(2)21(27)28/h7-14,19-21H,3-6H2,1-2H3,(H,31,40)(H,32,39)(H,34,38)/t11-,12?,20-/m0/s1. The largest absolute Gasteiger partial charge is 0.339 e. The lowest BCUT2D eigenvalue weighted by atomic mass is 9.88. The summed E-state index contributed by atoms with van der Waals surface area (Å²) in [6, 6.07) is -0.494. The molecule has 40 heavy (non-hydrogen) atoms. The van der Waals surface area contributed by atoms with E-state index in [1.807, 2.05) is 0 Å². The molecule has 3 atom stereocenters. The van der Waals surface area contributed by atoms with Crippen LogP contribution < -0.4 is 16.2 Å². The van der Waals surface area contributed by atoms with Crippen LogP contribution >= 0.6 is 11.6 Å². The van der Waals surface area contributed by atoms with E-state index in [-0.39, 0.29) is 39.9 Å². The first-order valence-corrected chi connectivity index (χ1v) is 13.4. The van der Waals surface area contributed by atoms with Crippen molar-refractivity contribution in [2.75, 3.05) is 5.32 Å². The first kappa shape index (κ1) is 27.9. The van der Waals surface area contributed by atoms with E-state index in [1.165, 1.54) is 36.1 Å². The maximum absolute atomic E-state index is 14.9. The molecule has 2 amide bonds. The van der Waals surface area contributed by atoms with Gasteiger partial charge in [0.1, 0.15) is 28.6 Å². The van der Waals surface area contributed by atoms with E-state index >= 15 is 0 Å². The minimum absolute atomic E-state index is 0.0386. The normalized spacial score (nSPS) is 17.6. The van der Waals surface area contributed by atoms with Crippen molar-refractivity contribution in [3.63, 3.8) is 0 Å². The van der Waals surface area contributed by atoms with Gasteiger partial charge in [-0.1, -0.05) is 11.6 Å². The van der Waals surface area contributed by atoms with Gasteiger partial charge >= 0.3 is 0 Å². The number of aromatic nitrogens is 6. The molecule has 3 N–H and O–H groups in total. The summed E-state index contributed by atoms with van der Waals surface area (Å²) in [7, 11) is 0. The molecule has 3 aromatic heterocycles. The molecule has 0 aromatic carbocycles. The van der Waals surface area contributed by atoms with Crippen LogP contribution in [-0.2, 0) is 4.79 Å². The number of amides is 2. The lowest BCUT2D eigenvalue weighted by Crippen LogP contribution is -2.50. The topological polar surface area (TPSA) is 140 Å². The van der Waals surface area contributed by atoms with Gasteiger partial charge in [-0.05, 0) is 69.4 Å². The minimum atomic E-state index is -2.75. The number of aromatic amines is 1. The van der Waals surface area contributed by atoms with E-state index < -0.39 is 47.9 Å². The van der Waals surface area contributed by atoms with Crippen LogP contribution in [0.15, 0.2) is 29.3 Å². The Morgan fingerprint density at radius 2 is 1.85 bits per heavy atom. The van der Waals surface area contributed by atoms with Gasteiger partial charge in [-0.15, -0.1) is 5.10 Å². The summed E-state index contributed by atoms with van der Waals surface area (Å²) in [5.74, 6) is -2.13. The van der Waals surface area contributed by atoms with Gasteiger partial charge in [-0.25, -0.2) is 13.9 Å². The molecule has 3 heterocycles. The number of halogens is 4. The Morgan fingerprint density at radius 1 is 1.18 bits per heavy atom. The van der Waals surface area contributed by atoms with Gasteiger partial charge in [0, 0.05) is 11.8 Å². The number of carbonyl (C=O) groups is 2. The number of nitrogens with zero attached hydrogens (tertiary/aromatic N) is 5. The van der Waals surface area contributed by atoms with Crippen LogP contribution in [0.1, 0.15) is 67.7 Å². The fraction of sp³-hybridized carbons (Fsp3) is 0.520. The van der Waals surface area contributed by atoms with E-state index in [1.54, 1.807) is 6.92 Å². The third-order valence-corrected chi connectivity index (χ3v) is 7.73. The number of H-pyrrole nitrogens is 1. The highest BCUT2D eigenvalue weighted by molar-refractivity contribution is 6.29. The van der Waals surface area contributed by atoms with Crippen LogP contribution in [-0.4, -0.2) is 54.0 Å². The minimum Gasteiger partial charge on any atom is -0.339 e. The van der Waals surface area contributed by atoms with Crippen LogP contribution in [0.2, 0.25) is 5.15 Å². The number of anilines is 1. The Labute approximate surface area is 231 Å². The van der Waals surface area contributed by atoms with Crippen molar-refractivity contribution >= 4 is 29.1 Å². The van der Waals surface area contributed by atoms with Crippen LogP contribution in [0.3, 0.4) is 0 Å². The van der Waals surface area contributed by atoms with Crippen LogP contribution in [0.25, 0.3) is 0 Å². The third kappa shape index (κ3) is 5.76. The maximum atomic E-state index is 14.9. The summed E-state index contributed by atoms with van der Waals surface area (Å²) in [5.41, 5.74) is -0.694. The molecule has 5 rings (SSSR count). The highest BCUT2D eigenvalue weighted by atomic mass is 35.5. The van der Waals surface area contributed by atoms with E-state index in [2.05, 4.69) is 31.0 Å². The van der Waals surface area contributed by atoms with Gasteiger partial charge in [0.15, 0.2) is 0 Å². The Balaban J connectivity index is 1.39. The third-order valence-electron chi connectivity index (χ3n) is 7.53. The molecule has 2 saturated carbocycles. The van der Waals surface area contributed by atoms with Gasteiger partial charge in [-0.3, -0.25) is 23.7 Å². The second kappa shape index (κ2) is 11.1. The molecule has 2 fully saturated rings. The highest BCUT2D eigenvalue weighted by Crippen LogP contribution is 2.51. The fourth-order valence-electron chi connectivity index (χ4n) is 5.08. The number of carbonyl (C=O) groups excluding carboxylic acids is 2. The molecule has 0 spiro atoms. The smallest absolute Gasteiger partial charge is 0.270 e. The van der Waals surface area contributed by atoms with Gasteiger partial charge in [0.2, 0.25) is 5.91 Å². The monoisotopic (exact) mass is 580 g/mol. The summed E-state index contributed by atoms with van der Waals surface area (Å²) in [5, 5.41) is 18.8. The Morgan fingerprint density at radius 3 is 2.48 bits per heavy atom. The predicted molar refractivity (Wildman–Crippen MR) is 138 cm³/mol. The van der Waals surface area contributed by atoms with Gasteiger partial charge < -0.3 is 10.6 Å². The van der Waals surface area contributed by atoms with E-state index in [0.717, 1.165) is 30.4 Å². The average Bonchev–Trinajstić information content (AvgIpc) is 3.85. The van der Waals surface area contributed by atoms with Gasteiger partial charge in [0.25, 0.3) is 23.8 Å². The van der Waals surface area contributed by atoms with Gasteiger partial charge in [-0.2, -0.15) is 14.6 Å². The number of alkyl halides is 2. The van der Waals surface area contributed by atoms with Crippen molar-refractivity contribution in [2.24, 2.45) is 17.8 Å². The number of hydrogen-bond donors (Lipinski definition) is 3. The second-order valence-electron chi connectivity index (χ2n) is 10.4. The Hall–Kier alpha value is -3.68. The van der Waals surface area contributed by atoms with Crippen LogP contribution in [0, 0.1) is 23.7 Å². The molecule has 3 aromatic rings. The SMILES string of the molecule is CC(C(F)F)n1nccc1C(=O)N[C@H](C(=O)Nc1cn([C@@H](C)c2cc(Cl)n[nH]c2=O)nc1F)C(C1CC1)C1CC1. The molecular formula is C25H28ClF3N8O3. The Kier molecular flexibility index (Phi) is 7.71. The lowest BCUT2D eigenvalue weighted by Gasteiger charge is -2.27. The molecule has 2 aliphatic carbocycles. The molecule has 15 heteroatoms. The maximum Gasteiger partial charge on any atom is 0.270 e. The summed E-state index contributed by atoms with van der Waals surface area (Å²) in [6.45, 7) is 2.84. The summed E-state index contributed by atoms with van der Waals surface area (Å²) in [4.78, 5) is 39.0. The number of hydrogen-bond acceptors (Lipinski definition) is 6. The predicted octanol–water partition coefficient (Wildman–Crippen LogP) is 3.56. The van der Waals surface area contributed by atoms with Crippen LogP contribution in [0.4, 0.5) is 18.9 Å². The van der Waals surface area contributed by atoms with Crippen LogP contribution in [0.5, 0.6) is 0 Å². The van der Waals surface area contributed by atoms with E-state index in [0.29, 0.717) is 0 Å². The molecule has 11 nitrogen and oxygen atoms in total. The molecule has 214 valence electrons. The second-order valence-corrected chi connectivity index (χ2v) is 10.8. The Bertz CT molecular complexity index is 1450. The van der Waals surface area contributed by atoms with Crippen molar-refractivity contribution in [3.05, 3.63) is 57.2 Å². The zero-order chi connectivity index (χ0) is 28.7. The molecule has 1 unspecified atom stereocenters. The first-order chi connectivity index (χ1) is 19.0. The average molecular weight is 581 g/mol. The molecule has 0 aliphatic heterocycles. The number of nitrogens with one attached hydrogen (secondary N) is 3. The molecule has 0 bridgehead atoms. The summed E-state index contributed by atoms with van der Waals surface area (Å²) >= 11 is 5.88. The number of rotatable bonds is 11. The zero-order valence-corrected chi connectivity index (χ0v) is 22.4. The van der Waals surface area contributed by atoms with E-state index in [4.69, 9.17) is 11.6 Å². The van der Waals surface area contributed by atoms with Crippen molar-refractivity contribution in [2.45, 2.75) is 64.1 Å². The van der Waals surface area contributed by atoms with Crippen molar-refractivity contribution < 1.29 is 22.8 Å². The zero-order valence-electron chi connectivity index (χ0n) is 21.7. The fourth-order valence-corrected chi connectivity index (χ4v) is 5.24. The quantitative estimate of drug-likeness (QED) is 0.317. The van der Waals surface area contributed by atoms with E-state index in [9.17, 15) is 27.6 Å².